The van der Waals surface area contributed by atoms with Gasteiger partial charge in [0.25, 0.3) is 0 Å². The first-order valence-corrected chi connectivity index (χ1v) is 8.87. The lowest BCUT2D eigenvalue weighted by molar-refractivity contribution is 0.0697. The molecule has 0 atom stereocenters. The van der Waals surface area contributed by atoms with E-state index in [9.17, 15) is 4.79 Å². The fourth-order valence-corrected chi connectivity index (χ4v) is 3.20. The van der Waals surface area contributed by atoms with E-state index in [1.165, 1.54) is 18.2 Å². The van der Waals surface area contributed by atoms with E-state index in [4.69, 9.17) is 26.2 Å². The highest BCUT2D eigenvalue weighted by Gasteiger charge is 2.19. The molecule has 2 aromatic carbocycles. The number of rotatable bonds is 6. The molecule has 142 valence electrons. The van der Waals surface area contributed by atoms with E-state index in [0.717, 1.165) is 31.6 Å². The smallest absolute Gasteiger partial charge is 0.335 e. The summed E-state index contributed by atoms with van der Waals surface area (Å²) in [7, 11) is 3.19. The summed E-state index contributed by atoms with van der Waals surface area (Å²) in [4.78, 5) is 13.2. The number of hydrogen-bond acceptors (Lipinski definition) is 6. The third-order valence-corrected chi connectivity index (χ3v) is 4.69. The number of halogens is 1. The molecule has 0 amide bonds. The molecule has 1 N–H and O–H groups in total. The molecule has 2 aromatic rings. The number of aromatic carboxylic acids is 1. The largest absolute Gasteiger partial charge is 0.494 e. The molecule has 3 rings (SSSR count). The molecule has 1 fully saturated rings. The lowest BCUT2D eigenvalue weighted by Gasteiger charge is -2.21. The SMILES string of the molecule is COc1cc(N2CCCC2)c(OC)cc1/N=N/c1ccc(C(=O)O)cc1Cl. The third-order valence-electron chi connectivity index (χ3n) is 4.39. The molecule has 1 aliphatic heterocycles. The number of benzene rings is 2. The summed E-state index contributed by atoms with van der Waals surface area (Å²) in [6, 6.07) is 7.95. The van der Waals surface area contributed by atoms with Crippen molar-refractivity contribution >= 4 is 34.6 Å². The summed E-state index contributed by atoms with van der Waals surface area (Å²) in [6.07, 6.45) is 2.30. The maximum Gasteiger partial charge on any atom is 0.335 e. The highest BCUT2D eigenvalue weighted by Crippen LogP contribution is 2.41. The Morgan fingerprint density at radius 3 is 2.30 bits per heavy atom. The predicted molar refractivity (Wildman–Crippen MR) is 104 cm³/mol. The van der Waals surface area contributed by atoms with E-state index < -0.39 is 5.97 Å². The van der Waals surface area contributed by atoms with Gasteiger partial charge in [-0.2, -0.15) is 0 Å². The van der Waals surface area contributed by atoms with Crippen LogP contribution in [0.2, 0.25) is 5.02 Å². The van der Waals surface area contributed by atoms with Gasteiger partial charge in [0, 0.05) is 25.2 Å². The van der Waals surface area contributed by atoms with Crippen molar-refractivity contribution in [3.63, 3.8) is 0 Å². The number of carboxylic acids is 1. The summed E-state index contributed by atoms with van der Waals surface area (Å²) in [5, 5.41) is 17.6. The van der Waals surface area contributed by atoms with Crippen LogP contribution in [0.3, 0.4) is 0 Å². The van der Waals surface area contributed by atoms with Crippen molar-refractivity contribution in [1.82, 2.24) is 0 Å². The van der Waals surface area contributed by atoms with Crippen molar-refractivity contribution in [2.75, 3.05) is 32.2 Å². The molecule has 7 nitrogen and oxygen atoms in total. The Labute approximate surface area is 162 Å². The molecule has 0 unspecified atom stereocenters. The summed E-state index contributed by atoms with van der Waals surface area (Å²) < 4.78 is 11.0. The standard InChI is InChI=1S/C19H20ClN3O4/c1-26-17-11-16(23-7-3-4-8-23)18(27-2)10-15(17)22-21-14-6-5-12(19(24)25)9-13(14)20/h5-6,9-11H,3-4,7-8H2,1-2H3,(H,24,25)/b22-21+. The van der Waals surface area contributed by atoms with Crippen molar-refractivity contribution in [2.45, 2.75) is 12.8 Å². The van der Waals surface area contributed by atoms with Crippen LogP contribution in [0, 0.1) is 0 Å². The molecule has 1 heterocycles. The Balaban J connectivity index is 1.94. The second-order valence-electron chi connectivity index (χ2n) is 6.06. The lowest BCUT2D eigenvalue weighted by atomic mass is 10.2. The Bertz CT molecular complexity index is 879. The van der Waals surface area contributed by atoms with Crippen LogP contribution >= 0.6 is 11.6 Å². The minimum atomic E-state index is -1.05. The average Bonchev–Trinajstić information content (AvgIpc) is 3.20. The van der Waals surface area contributed by atoms with Gasteiger partial charge in [-0.3, -0.25) is 0 Å². The summed E-state index contributed by atoms with van der Waals surface area (Å²) in [6.45, 7) is 1.96. The minimum Gasteiger partial charge on any atom is -0.494 e. The normalized spacial score (nSPS) is 14.0. The highest BCUT2D eigenvalue weighted by molar-refractivity contribution is 6.33. The predicted octanol–water partition coefficient (Wildman–Crippen LogP) is 5.07. The molecular formula is C19H20ClN3O4. The monoisotopic (exact) mass is 389 g/mol. The van der Waals surface area contributed by atoms with Crippen LogP contribution in [0.25, 0.3) is 0 Å². The maximum absolute atomic E-state index is 11.0. The lowest BCUT2D eigenvalue weighted by Crippen LogP contribution is -2.18. The number of azo groups is 1. The Morgan fingerprint density at radius 2 is 1.70 bits per heavy atom. The van der Waals surface area contributed by atoms with Gasteiger partial charge in [-0.05, 0) is 31.0 Å². The van der Waals surface area contributed by atoms with Gasteiger partial charge in [-0.1, -0.05) is 11.6 Å². The van der Waals surface area contributed by atoms with Crippen molar-refractivity contribution in [3.05, 3.63) is 40.9 Å². The third kappa shape index (κ3) is 4.14. The Morgan fingerprint density at radius 1 is 1.04 bits per heavy atom. The second kappa shape index (κ2) is 8.26. The van der Waals surface area contributed by atoms with Crippen LogP contribution in [-0.4, -0.2) is 38.4 Å². The highest BCUT2D eigenvalue weighted by atomic mass is 35.5. The van der Waals surface area contributed by atoms with Gasteiger partial charge in [0.1, 0.15) is 22.9 Å². The van der Waals surface area contributed by atoms with Gasteiger partial charge in [0.2, 0.25) is 0 Å². The molecule has 0 aromatic heterocycles. The van der Waals surface area contributed by atoms with Gasteiger partial charge in [0.15, 0.2) is 0 Å². The van der Waals surface area contributed by atoms with E-state index in [2.05, 4.69) is 15.1 Å². The van der Waals surface area contributed by atoms with E-state index in [-0.39, 0.29) is 10.6 Å². The van der Waals surface area contributed by atoms with Crippen molar-refractivity contribution in [3.8, 4) is 11.5 Å². The first-order valence-electron chi connectivity index (χ1n) is 8.49. The first kappa shape index (κ1) is 19.0. The molecule has 27 heavy (non-hydrogen) atoms. The molecule has 0 aliphatic carbocycles. The zero-order chi connectivity index (χ0) is 19.4. The van der Waals surface area contributed by atoms with Crippen LogP contribution in [0.1, 0.15) is 23.2 Å². The van der Waals surface area contributed by atoms with E-state index >= 15 is 0 Å². The zero-order valence-corrected chi connectivity index (χ0v) is 15.9. The number of nitrogens with zero attached hydrogens (tertiary/aromatic N) is 3. The summed E-state index contributed by atoms with van der Waals surface area (Å²) in [5.41, 5.74) is 1.92. The van der Waals surface area contributed by atoms with E-state index in [1.807, 2.05) is 6.07 Å². The zero-order valence-electron chi connectivity index (χ0n) is 15.1. The molecule has 1 aliphatic rings. The van der Waals surface area contributed by atoms with E-state index in [0.29, 0.717) is 22.9 Å². The van der Waals surface area contributed by atoms with Crippen molar-refractivity contribution in [2.24, 2.45) is 10.2 Å². The molecule has 0 saturated carbocycles. The number of carboxylic acid groups (broad SMARTS) is 1. The maximum atomic E-state index is 11.0. The fraction of sp³-hybridized carbons (Fsp3) is 0.316. The van der Waals surface area contributed by atoms with E-state index in [1.54, 1.807) is 20.3 Å². The average molecular weight is 390 g/mol. The quantitative estimate of drug-likeness (QED) is 0.697. The summed E-state index contributed by atoms with van der Waals surface area (Å²) >= 11 is 6.10. The van der Waals surface area contributed by atoms with Crippen LogP contribution in [0.5, 0.6) is 11.5 Å². The number of carbonyl (C=O) groups is 1. The van der Waals surface area contributed by atoms with Gasteiger partial charge >= 0.3 is 5.97 Å². The first-order chi connectivity index (χ1) is 13.0. The molecular weight excluding hydrogens is 370 g/mol. The molecule has 1 saturated heterocycles. The number of methoxy groups -OCH3 is 2. The van der Waals surface area contributed by atoms with Crippen molar-refractivity contribution in [1.29, 1.82) is 0 Å². The Kier molecular flexibility index (Phi) is 5.81. The van der Waals surface area contributed by atoms with Crippen LogP contribution < -0.4 is 14.4 Å². The topological polar surface area (TPSA) is 83.7 Å². The van der Waals surface area contributed by atoms with Crippen molar-refractivity contribution < 1.29 is 19.4 Å². The molecule has 0 bridgehead atoms. The van der Waals surface area contributed by atoms with Gasteiger partial charge in [-0.25, -0.2) is 4.79 Å². The molecule has 0 spiro atoms. The number of hydrogen-bond donors (Lipinski definition) is 1. The van der Waals surface area contributed by atoms with Gasteiger partial charge < -0.3 is 19.5 Å². The molecule has 8 heteroatoms. The number of ether oxygens (including phenoxy) is 2. The summed E-state index contributed by atoms with van der Waals surface area (Å²) in [5.74, 6) is 0.211. The molecule has 0 radical (unpaired) electrons. The van der Waals surface area contributed by atoms with Gasteiger partial charge in [0.05, 0.1) is 30.5 Å². The Hall–Kier alpha value is -2.80. The fourth-order valence-electron chi connectivity index (χ4n) is 2.98. The van der Waals surface area contributed by atoms with Gasteiger partial charge in [-0.15, -0.1) is 10.2 Å². The minimum absolute atomic E-state index is 0.0909. The second-order valence-corrected chi connectivity index (χ2v) is 6.47. The number of anilines is 1. The van der Waals surface area contributed by atoms with Crippen LogP contribution in [0.4, 0.5) is 17.1 Å². The van der Waals surface area contributed by atoms with Crippen LogP contribution in [-0.2, 0) is 0 Å². The van der Waals surface area contributed by atoms with Crippen LogP contribution in [0.15, 0.2) is 40.6 Å².